The van der Waals surface area contributed by atoms with Crippen LogP contribution in [-0.4, -0.2) is 56.6 Å². The van der Waals surface area contributed by atoms with E-state index in [-0.39, 0.29) is 19.6 Å². The van der Waals surface area contributed by atoms with Gasteiger partial charge in [-0.25, -0.2) is 17.9 Å². The smallest absolute Gasteiger partial charge is 0.404 e. The summed E-state index contributed by atoms with van der Waals surface area (Å²) in [7, 11) is -2.76. The molecule has 1 aromatic carbocycles. The number of sulfonamides is 1. The normalized spacial score (nSPS) is 22.9. The standard InChI is InChI=1S/C14H19N3O8S/c1-24-8-25-12-7-9(6-10(12)15-14(18)19)16-26(22,23)13-5-3-2-4-11(13)17(20)21/h2-5,9-10,12,15-16H,6-8H2,1H3,(H,18,19)/t9-,10+,12-/m0/s1. The third-order valence-corrected chi connectivity index (χ3v) is 5.45. The fraction of sp³-hybridized carbons (Fsp3) is 0.500. The van der Waals surface area contributed by atoms with E-state index in [2.05, 4.69) is 10.0 Å². The second-order valence-corrected chi connectivity index (χ2v) is 7.36. The Morgan fingerprint density at radius 2 is 2.08 bits per heavy atom. The van der Waals surface area contributed by atoms with Crippen molar-refractivity contribution >= 4 is 21.8 Å². The maximum absolute atomic E-state index is 12.5. The first-order valence-corrected chi connectivity index (χ1v) is 9.08. The number of nitro groups is 1. The zero-order valence-corrected chi connectivity index (χ0v) is 14.6. The van der Waals surface area contributed by atoms with Gasteiger partial charge in [-0.05, 0) is 18.9 Å². The van der Waals surface area contributed by atoms with E-state index in [4.69, 9.17) is 14.6 Å². The number of hydrogen-bond donors (Lipinski definition) is 3. The lowest BCUT2D eigenvalue weighted by molar-refractivity contribution is -0.387. The van der Waals surface area contributed by atoms with Crippen LogP contribution in [-0.2, 0) is 19.5 Å². The van der Waals surface area contributed by atoms with E-state index < -0.39 is 49.8 Å². The van der Waals surface area contributed by atoms with E-state index >= 15 is 0 Å². The average Bonchev–Trinajstić information content (AvgIpc) is 2.92. The summed E-state index contributed by atoms with van der Waals surface area (Å²) in [5.41, 5.74) is -0.537. The number of carbonyl (C=O) groups is 1. The van der Waals surface area contributed by atoms with E-state index in [0.717, 1.165) is 12.1 Å². The van der Waals surface area contributed by atoms with Gasteiger partial charge in [-0.3, -0.25) is 10.1 Å². The Balaban J connectivity index is 2.16. The first-order chi connectivity index (χ1) is 12.2. The van der Waals surface area contributed by atoms with Crippen molar-refractivity contribution in [3.8, 4) is 0 Å². The molecule has 144 valence electrons. The van der Waals surface area contributed by atoms with Crippen LogP contribution < -0.4 is 10.0 Å². The summed E-state index contributed by atoms with van der Waals surface area (Å²) in [5, 5.41) is 22.2. The molecule has 11 nitrogen and oxygen atoms in total. The maximum Gasteiger partial charge on any atom is 0.404 e. The number of amides is 1. The minimum atomic E-state index is -4.17. The van der Waals surface area contributed by atoms with Gasteiger partial charge in [0, 0.05) is 19.2 Å². The van der Waals surface area contributed by atoms with E-state index in [0.29, 0.717) is 0 Å². The van der Waals surface area contributed by atoms with Gasteiger partial charge in [-0.15, -0.1) is 0 Å². The van der Waals surface area contributed by atoms with Crippen LogP contribution in [0.3, 0.4) is 0 Å². The van der Waals surface area contributed by atoms with Gasteiger partial charge in [0.2, 0.25) is 10.0 Å². The lowest BCUT2D eigenvalue weighted by atomic mass is 10.2. The van der Waals surface area contributed by atoms with Gasteiger partial charge in [0.25, 0.3) is 5.69 Å². The van der Waals surface area contributed by atoms with Crippen molar-refractivity contribution in [2.24, 2.45) is 0 Å². The Kier molecular flexibility index (Phi) is 6.47. The molecular formula is C14H19N3O8S. The highest BCUT2D eigenvalue weighted by atomic mass is 32.2. The number of benzene rings is 1. The Labute approximate surface area is 149 Å². The van der Waals surface area contributed by atoms with Gasteiger partial charge in [0.1, 0.15) is 6.79 Å². The topological polar surface area (TPSA) is 157 Å². The lowest BCUT2D eigenvalue weighted by Crippen LogP contribution is -2.40. The number of hydrogen-bond acceptors (Lipinski definition) is 7. The second-order valence-electron chi connectivity index (χ2n) is 5.68. The molecule has 1 aromatic rings. The number of para-hydroxylation sites is 1. The summed E-state index contributed by atoms with van der Waals surface area (Å²) in [6, 6.07) is 3.70. The number of nitrogens with one attached hydrogen (secondary N) is 2. The van der Waals surface area contributed by atoms with Crippen LogP contribution in [0.2, 0.25) is 0 Å². The van der Waals surface area contributed by atoms with Crippen molar-refractivity contribution in [2.45, 2.75) is 35.9 Å². The van der Waals surface area contributed by atoms with Crippen LogP contribution in [0.25, 0.3) is 0 Å². The first kappa shape index (κ1) is 20.0. The zero-order valence-electron chi connectivity index (χ0n) is 13.8. The van der Waals surface area contributed by atoms with Gasteiger partial charge in [0.15, 0.2) is 4.90 Å². The summed E-state index contributed by atoms with van der Waals surface area (Å²) in [6.45, 7) is -0.0773. The zero-order chi connectivity index (χ0) is 19.3. The number of nitro benzene ring substituents is 1. The third kappa shape index (κ3) is 4.88. The molecule has 1 aliphatic rings. The monoisotopic (exact) mass is 389 g/mol. The third-order valence-electron chi connectivity index (χ3n) is 3.89. The Morgan fingerprint density at radius 1 is 1.38 bits per heavy atom. The average molecular weight is 389 g/mol. The van der Waals surface area contributed by atoms with Crippen molar-refractivity contribution in [3.63, 3.8) is 0 Å². The fourth-order valence-electron chi connectivity index (χ4n) is 2.86. The van der Waals surface area contributed by atoms with Gasteiger partial charge >= 0.3 is 6.09 Å². The number of nitrogens with zero attached hydrogens (tertiary/aromatic N) is 1. The molecule has 1 fully saturated rings. The second kappa shape index (κ2) is 8.40. The minimum Gasteiger partial charge on any atom is -0.465 e. The number of carboxylic acid groups (broad SMARTS) is 1. The molecule has 0 unspecified atom stereocenters. The summed E-state index contributed by atoms with van der Waals surface area (Å²) in [6.07, 6.45) is -1.53. The molecular weight excluding hydrogens is 370 g/mol. The predicted octanol–water partition coefficient (Wildman–Crippen LogP) is 0.661. The van der Waals surface area contributed by atoms with Crippen molar-refractivity contribution < 1.29 is 32.7 Å². The Bertz CT molecular complexity index is 769. The molecule has 12 heteroatoms. The molecule has 0 aromatic heterocycles. The number of ether oxygens (including phenoxy) is 2. The molecule has 0 bridgehead atoms. The van der Waals surface area contributed by atoms with Crippen molar-refractivity contribution in [1.82, 2.24) is 10.0 Å². The molecule has 1 saturated carbocycles. The van der Waals surface area contributed by atoms with Crippen LogP contribution in [0.1, 0.15) is 12.8 Å². The van der Waals surface area contributed by atoms with Gasteiger partial charge < -0.3 is 19.9 Å². The molecule has 0 aliphatic heterocycles. The summed E-state index contributed by atoms with van der Waals surface area (Å²) in [5.74, 6) is 0. The molecule has 26 heavy (non-hydrogen) atoms. The first-order valence-electron chi connectivity index (χ1n) is 7.60. The van der Waals surface area contributed by atoms with E-state index in [1.165, 1.54) is 19.2 Å². The molecule has 3 N–H and O–H groups in total. The quantitative estimate of drug-likeness (QED) is 0.332. The van der Waals surface area contributed by atoms with Gasteiger partial charge in [-0.1, -0.05) is 12.1 Å². The van der Waals surface area contributed by atoms with Gasteiger partial charge in [0.05, 0.1) is 17.1 Å². The van der Waals surface area contributed by atoms with Crippen molar-refractivity contribution in [1.29, 1.82) is 0 Å². The molecule has 2 rings (SSSR count). The number of methoxy groups -OCH3 is 1. The van der Waals surface area contributed by atoms with E-state index in [9.17, 15) is 23.3 Å². The highest BCUT2D eigenvalue weighted by Gasteiger charge is 2.39. The SMILES string of the molecule is COCO[C@H]1C[C@@H](NS(=O)(=O)c2ccccc2[N+](=O)[O-])C[C@H]1NC(=O)O. The molecule has 1 aliphatic carbocycles. The van der Waals surface area contributed by atoms with Crippen LogP contribution in [0.5, 0.6) is 0 Å². The molecule has 0 saturated heterocycles. The largest absolute Gasteiger partial charge is 0.465 e. The van der Waals surface area contributed by atoms with E-state index in [1.54, 1.807) is 0 Å². The highest BCUT2D eigenvalue weighted by molar-refractivity contribution is 7.89. The summed E-state index contributed by atoms with van der Waals surface area (Å²) < 4.78 is 37.7. The maximum atomic E-state index is 12.5. The van der Waals surface area contributed by atoms with Crippen LogP contribution in [0.4, 0.5) is 10.5 Å². The molecule has 0 heterocycles. The van der Waals surface area contributed by atoms with Crippen LogP contribution in [0.15, 0.2) is 29.2 Å². The van der Waals surface area contributed by atoms with E-state index in [1.807, 2.05) is 0 Å². The Morgan fingerprint density at radius 3 is 2.69 bits per heavy atom. The number of rotatable bonds is 8. The fourth-order valence-corrected chi connectivity index (χ4v) is 4.30. The van der Waals surface area contributed by atoms with Gasteiger partial charge in [-0.2, -0.15) is 0 Å². The van der Waals surface area contributed by atoms with Crippen molar-refractivity contribution in [3.05, 3.63) is 34.4 Å². The molecule has 0 radical (unpaired) electrons. The highest BCUT2D eigenvalue weighted by Crippen LogP contribution is 2.27. The minimum absolute atomic E-state index is 0.0773. The Hall–Kier alpha value is -2.28. The molecule has 0 spiro atoms. The van der Waals surface area contributed by atoms with Crippen LogP contribution >= 0.6 is 0 Å². The molecule has 3 atom stereocenters. The van der Waals surface area contributed by atoms with Crippen LogP contribution in [0, 0.1) is 10.1 Å². The molecule has 1 amide bonds. The summed E-state index contributed by atoms with van der Waals surface area (Å²) in [4.78, 5) is 20.7. The van der Waals surface area contributed by atoms with Crippen molar-refractivity contribution in [2.75, 3.05) is 13.9 Å². The predicted molar refractivity (Wildman–Crippen MR) is 88.1 cm³/mol. The lowest BCUT2D eigenvalue weighted by Gasteiger charge is -2.18. The summed E-state index contributed by atoms with van der Waals surface area (Å²) >= 11 is 0.